The van der Waals surface area contributed by atoms with Crippen molar-refractivity contribution < 1.29 is 4.79 Å². The van der Waals surface area contributed by atoms with Crippen LogP contribution in [0.2, 0.25) is 0 Å². The number of nitrogens with one attached hydrogen (secondary N) is 1. The van der Waals surface area contributed by atoms with E-state index in [1.54, 1.807) is 0 Å². The van der Waals surface area contributed by atoms with Crippen molar-refractivity contribution in [3.63, 3.8) is 0 Å². The van der Waals surface area contributed by atoms with Gasteiger partial charge < -0.3 is 5.32 Å². The van der Waals surface area contributed by atoms with Gasteiger partial charge in [0.05, 0.1) is 0 Å². The number of amides is 1. The van der Waals surface area contributed by atoms with Crippen molar-refractivity contribution in [3.05, 3.63) is 34.9 Å². The summed E-state index contributed by atoms with van der Waals surface area (Å²) in [6.45, 7) is 3.98. The first kappa shape index (κ1) is 13.1. The lowest BCUT2D eigenvalue weighted by molar-refractivity contribution is 0.0943. The molecule has 18 heavy (non-hydrogen) atoms. The molecule has 0 aliphatic heterocycles. The van der Waals surface area contributed by atoms with Crippen molar-refractivity contribution >= 4 is 5.91 Å². The van der Waals surface area contributed by atoms with Gasteiger partial charge in [-0.3, -0.25) is 4.79 Å². The van der Waals surface area contributed by atoms with Gasteiger partial charge in [-0.15, -0.1) is 0 Å². The average Bonchev–Trinajstić information content (AvgIpc) is 2.28. The molecule has 0 heterocycles. The maximum atomic E-state index is 12.0. The quantitative estimate of drug-likeness (QED) is 0.849. The highest BCUT2D eigenvalue weighted by Crippen LogP contribution is 2.21. The summed E-state index contributed by atoms with van der Waals surface area (Å²) >= 11 is 0. The van der Waals surface area contributed by atoms with Crippen molar-refractivity contribution in [1.29, 1.82) is 0 Å². The molecule has 1 amide bonds. The van der Waals surface area contributed by atoms with E-state index >= 15 is 0 Å². The zero-order valence-corrected chi connectivity index (χ0v) is 11.5. The molecule has 0 unspecified atom stereocenters. The van der Waals surface area contributed by atoms with Crippen LogP contribution in [0.25, 0.3) is 0 Å². The molecule has 1 aromatic carbocycles. The zero-order valence-electron chi connectivity index (χ0n) is 11.5. The molecule has 1 aromatic rings. The summed E-state index contributed by atoms with van der Waals surface area (Å²) in [6.07, 6.45) is 7.49. The molecule has 1 aliphatic carbocycles. The minimum Gasteiger partial charge on any atom is -0.350 e. The van der Waals surface area contributed by atoms with Crippen LogP contribution in [0.4, 0.5) is 0 Å². The lowest BCUT2D eigenvalue weighted by Crippen LogP contribution is -2.30. The number of benzene rings is 1. The van der Waals surface area contributed by atoms with Crippen molar-refractivity contribution in [1.82, 2.24) is 5.32 Å². The summed E-state index contributed by atoms with van der Waals surface area (Å²) in [4.78, 5) is 12.0. The Labute approximate surface area is 110 Å². The Balaban J connectivity index is 2.19. The van der Waals surface area contributed by atoms with E-state index in [4.69, 9.17) is 0 Å². The molecule has 0 fully saturated rings. The van der Waals surface area contributed by atoms with Gasteiger partial charge in [-0.2, -0.15) is 0 Å². The zero-order chi connectivity index (χ0) is 13.0. The van der Waals surface area contributed by atoms with Crippen LogP contribution in [0.1, 0.15) is 61.0 Å². The second-order valence-electron chi connectivity index (χ2n) is 5.53. The normalized spacial score (nSPS) is 15.7. The Kier molecular flexibility index (Phi) is 4.40. The van der Waals surface area contributed by atoms with Crippen LogP contribution < -0.4 is 5.32 Å². The summed E-state index contributed by atoms with van der Waals surface area (Å²) in [5, 5.41) is 2.95. The van der Waals surface area contributed by atoms with E-state index in [0.717, 1.165) is 12.0 Å². The number of carbonyl (C=O) groups is 1. The number of hydrogen-bond donors (Lipinski definition) is 1. The maximum Gasteiger partial charge on any atom is 0.251 e. The second-order valence-corrected chi connectivity index (χ2v) is 5.53. The Bertz CT molecular complexity index is 423. The van der Waals surface area contributed by atoms with E-state index in [9.17, 15) is 4.79 Å². The smallest absolute Gasteiger partial charge is 0.251 e. The molecule has 0 saturated carbocycles. The van der Waals surface area contributed by atoms with Gasteiger partial charge in [0.25, 0.3) is 5.91 Å². The molecule has 2 heteroatoms. The third kappa shape index (κ3) is 3.34. The number of rotatable bonds is 2. The summed E-state index contributed by atoms with van der Waals surface area (Å²) < 4.78 is 0. The van der Waals surface area contributed by atoms with E-state index < -0.39 is 0 Å². The van der Waals surface area contributed by atoms with Gasteiger partial charge in [0, 0.05) is 11.6 Å². The van der Waals surface area contributed by atoms with E-state index in [-0.39, 0.29) is 11.9 Å². The Morgan fingerprint density at radius 3 is 2.39 bits per heavy atom. The first-order chi connectivity index (χ1) is 8.66. The SMILES string of the molecule is CC(C)NC(=O)c1ccc2c(c1)CCCCCC2. The molecule has 0 saturated heterocycles. The molecule has 98 valence electrons. The Morgan fingerprint density at radius 2 is 1.72 bits per heavy atom. The van der Waals surface area contributed by atoms with Crippen LogP contribution >= 0.6 is 0 Å². The molecule has 1 aliphatic rings. The largest absolute Gasteiger partial charge is 0.350 e. The fourth-order valence-corrected chi connectivity index (χ4v) is 2.57. The van der Waals surface area contributed by atoms with Gasteiger partial charge in [0.15, 0.2) is 0 Å². The first-order valence-corrected chi connectivity index (χ1v) is 7.09. The van der Waals surface area contributed by atoms with Gasteiger partial charge in [-0.25, -0.2) is 0 Å². The van der Waals surface area contributed by atoms with Crippen molar-refractivity contribution in [2.45, 2.75) is 58.4 Å². The van der Waals surface area contributed by atoms with Gasteiger partial charge in [0.2, 0.25) is 0 Å². The van der Waals surface area contributed by atoms with Crippen LogP contribution in [0.3, 0.4) is 0 Å². The molecule has 0 aromatic heterocycles. The summed E-state index contributed by atoms with van der Waals surface area (Å²) in [7, 11) is 0. The molecule has 2 rings (SSSR count). The van der Waals surface area contributed by atoms with E-state index in [1.165, 1.54) is 43.2 Å². The van der Waals surface area contributed by atoms with E-state index in [1.807, 2.05) is 19.9 Å². The Hall–Kier alpha value is -1.31. The molecule has 1 N–H and O–H groups in total. The van der Waals surface area contributed by atoms with E-state index in [2.05, 4.69) is 17.4 Å². The van der Waals surface area contributed by atoms with Crippen molar-refractivity contribution in [3.8, 4) is 0 Å². The predicted molar refractivity (Wildman–Crippen MR) is 74.9 cm³/mol. The third-order valence-corrected chi connectivity index (χ3v) is 3.53. The number of hydrogen-bond acceptors (Lipinski definition) is 1. The highest BCUT2D eigenvalue weighted by atomic mass is 16.1. The third-order valence-electron chi connectivity index (χ3n) is 3.53. The summed E-state index contributed by atoms with van der Waals surface area (Å²) in [5.74, 6) is 0.0508. The highest BCUT2D eigenvalue weighted by Gasteiger charge is 2.11. The second kappa shape index (κ2) is 6.03. The minimum atomic E-state index is 0.0508. The van der Waals surface area contributed by atoms with Crippen LogP contribution in [0.15, 0.2) is 18.2 Å². The minimum absolute atomic E-state index is 0.0508. The predicted octanol–water partition coefficient (Wildman–Crippen LogP) is 3.48. The van der Waals surface area contributed by atoms with Gasteiger partial charge >= 0.3 is 0 Å². The monoisotopic (exact) mass is 245 g/mol. The maximum absolute atomic E-state index is 12.0. The molecule has 0 spiro atoms. The number of fused-ring (bicyclic) bond motifs is 1. The molecular weight excluding hydrogens is 222 g/mol. The lowest BCUT2D eigenvalue weighted by atomic mass is 9.92. The summed E-state index contributed by atoms with van der Waals surface area (Å²) in [5.41, 5.74) is 3.63. The molecule has 0 atom stereocenters. The lowest BCUT2D eigenvalue weighted by Gasteiger charge is -2.15. The molecule has 2 nitrogen and oxygen atoms in total. The number of carbonyl (C=O) groups excluding carboxylic acids is 1. The van der Waals surface area contributed by atoms with Crippen LogP contribution in [0.5, 0.6) is 0 Å². The fraction of sp³-hybridized carbons (Fsp3) is 0.562. The van der Waals surface area contributed by atoms with Crippen molar-refractivity contribution in [2.24, 2.45) is 0 Å². The molecule has 0 radical (unpaired) electrons. The van der Waals surface area contributed by atoms with Crippen LogP contribution in [-0.2, 0) is 12.8 Å². The number of aryl methyl sites for hydroxylation is 2. The van der Waals surface area contributed by atoms with Gasteiger partial charge in [-0.05, 0) is 62.8 Å². The Morgan fingerprint density at radius 1 is 1.06 bits per heavy atom. The van der Waals surface area contributed by atoms with Crippen LogP contribution in [0, 0.1) is 0 Å². The van der Waals surface area contributed by atoms with Gasteiger partial charge in [-0.1, -0.05) is 18.9 Å². The standard InChI is InChI=1S/C16H23NO/c1-12(2)17-16(18)15-10-9-13-7-5-3-4-6-8-14(13)11-15/h9-12H,3-8H2,1-2H3,(H,17,18). The van der Waals surface area contributed by atoms with Gasteiger partial charge in [0.1, 0.15) is 0 Å². The fourth-order valence-electron chi connectivity index (χ4n) is 2.57. The van der Waals surface area contributed by atoms with Crippen molar-refractivity contribution in [2.75, 3.05) is 0 Å². The van der Waals surface area contributed by atoms with Crippen LogP contribution in [-0.4, -0.2) is 11.9 Å². The van der Waals surface area contributed by atoms with E-state index in [0.29, 0.717) is 0 Å². The highest BCUT2D eigenvalue weighted by molar-refractivity contribution is 5.94. The first-order valence-electron chi connectivity index (χ1n) is 7.09. The summed E-state index contributed by atoms with van der Waals surface area (Å²) in [6, 6.07) is 6.41. The average molecular weight is 245 g/mol. The molecular formula is C16H23NO. The topological polar surface area (TPSA) is 29.1 Å². The molecule has 0 bridgehead atoms.